The van der Waals surface area contributed by atoms with Crippen LogP contribution in [0.3, 0.4) is 0 Å². The Kier molecular flexibility index (Phi) is 4.37. The van der Waals surface area contributed by atoms with E-state index in [4.69, 9.17) is 21.4 Å². The summed E-state index contributed by atoms with van der Waals surface area (Å²) in [4.78, 5) is 1.65. The summed E-state index contributed by atoms with van der Waals surface area (Å²) in [7, 11) is 0. The van der Waals surface area contributed by atoms with E-state index in [0.29, 0.717) is 0 Å². The molecule has 3 heterocycles. The Morgan fingerprint density at radius 3 is 2.64 bits per heavy atom. The number of ether oxygens (including phenoxy) is 1. The summed E-state index contributed by atoms with van der Waals surface area (Å²) in [6.45, 7) is 7.85. The third-order valence-electron chi connectivity index (χ3n) is 6.57. The predicted octanol–water partition coefficient (Wildman–Crippen LogP) is 3.59. The van der Waals surface area contributed by atoms with E-state index in [1.807, 2.05) is 12.1 Å². The van der Waals surface area contributed by atoms with Crippen LogP contribution < -0.4 is 9.64 Å². The molecule has 0 radical (unpaired) electrons. The summed E-state index contributed by atoms with van der Waals surface area (Å²) in [5.41, 5.74) is 4.50. The fraction of sp³-hybridized carbons (Fsp3) is 0.435. The minimum absolute atomic E-state index is 0.248. The van der Waals surface area contributed by atoms with Crippen molar-refractivity contribution < 1.29 is 9.64 Å². The molecule has 5 rings (SSSR count). The van der Waals surface area contributed by atoms with E-state index in [1.54, 1.807) is 4.90 Å². The Balaban J connectivity index is 1.56. The van der Waals surface area contributed by atoms with E-state index in [2.05, 4.69) is 49.2 Å². The number of hydrazone groups is 1. The molecule has 3 aliphatic heterocycles. The van der Waals surface area contributed by atoms with Crippen molar-refractivity contribution in [3.05, 3.63) is 64.2 Å². The molecule has 1 saturated heterocycles. The smallest absolute Gasteiger partial charge is 0.208 e. The van der Waals surface area contributed by atoms with E-state index < -0.39 is 0 Å². The molecule has 5 heteroatoms. The molecule has 0 aromatic heterocycles. The van der Waals surface area contributed by atoms with Crippen LogP contribution in [0.15, 0.2) is 47.6 Å². The van der Waals surface area contributed by atoms with Gasteiger partial charge in [-0.05, 0) is 37.6 Å². The number of benzene rings is 2. The molecule has 0 amide bonds. The van der Waals surface area contributed by atoms with Gasteiger partial charge >= 0.3 is 0 Å². The molecule has 1 N–H and O–H groups in total. The van der Waals surface area contributed by atoms with Crippen LogP contribution in [0.2, 0.25) is 5.02 Å². The number of hydrogen-bond acceptors (Lipinski definition) is 3. The number of halogens is 1. The van der Waals surface area contributed by atoms with Gasteiger partial charge in [0.2, 0.25) is 5.72 Å². The molecule has 1 fully saturated rings. The summed E-state index contributed by atoms with van der Waals surface area (Å²) in [6.07, 6.45) is 2.93. The van der Waals surface area contributed by atoms with Crippen LogP contribution in [0.1, 0.15) is 48.9 Å². The third kappa shape index (κ3) is 2.90. The van der Waals surface area contributed by atoms with Gasteiger partial charge < -0.3 is 9.64 Å². The first-order valence-corrected chi connectivity index (χ1v) is 10.7. The van der Waals surface area contributed by atoms with Crippen molar-refractivity contribution in [1.82, 2.24) is 5.01 Å². The van der Waals surface area contributed by atoms with Gasteiger partial charge in [-0.2, -0.15) is 5.10 Å². The second kappa shape index (κ2) is 6.78. The average molecular weight is 397 g/mol. The Hall–Kier alpha value is -2.04. The van der Waals surface area contributed by atoms with Crippen molar-refractivity contribution in [3.63, 3.8) is 0 Å². The number of rotatable bonds is 2. The minimum Gasteiger partial charge on any atom is -0.466 e. The quantitative estimate of drug-likeness (QED) is 0.840. The zero-order valence-electron chi connectivity index (χ0n) is 16.5. The lowest BCUT2D eigenvalue weighted by Crippen LogP contribution is -3.13. The van der Waals surface area contributed by atoms with Crippen LogP contribution in [0.25, 0.3) is 0 Å². The zero-order valence-corrected chi connectivity index (χ0v) is 17.3. The Morgan fingerprint density at radius 1 is 1.18 bits per heavy atom. The number of nitrogens with zero attached hydrogens (tertiary/aromatic N) is 2. The van der Waals surface area contributed by atoms with Crippen LogP contribution in [-0.4, -0.2) is 36.1 Å². The number of piperidine rings is 1. The Bertz CT molecular complexity index is 916. The highest BCUT2D eigenvalue weighted by molar-refractivity contribution is 6.30. The first-order chi connectivity index (χ1) is 13.6. The number of likely N-dealkylation sites (tertiary alicyclic amines) is 1. The topological polar surface area (TPSA) is 29.3 Å². The highest BCUT2D eigenvalue weighted by Crippen LogP contribution is 2.49. The molecule has 0 unspecified atom stereocenters. The first kappa shape index (κ1) is 18.0. The van der Waals surface area contributed by atoms with Crippen LogP contribution in [0, 0.1) is 6.92 Å². The van der Waals surface area contributed by atoms with Crippen molar-refractivity contribution >= 4 is 17.3 Å². The molecule has 0 bridgehead atoms. The number of fused-ring (bicyclic) bond motifs is 4. The van der Waals surface area contributed by atoms with Gasteiger partial charge in [-0.15, -0.1) is 0 Å². The molecule has 2 aromatic rings. The molecule has 146 valence electrons. The van der Waals surface area contributed by atoms with Gasteiger partial charge in [0.05, 0.1) is 44.2 Å². The summed E-state index contributed by atoms with van der Waals surface area (Å²) in [5, 5.41) is 8.20. The van der Waals surface area contributed by atoms with E-state index in [9.17, 15) is 0 Å². The van der Waals surface area contributed by atoms with E-state index in [0.717, 1.165) is 54.4 Å². The molecule has 1 atom stereocenters. The molecule has 2 aromatic carbocycles. The minimum atomic E-state index is -0.320. The fourth-order valence-corrected chi connectivity index (χ4v) is 5.02. The Morgan fingerprint density at radius 2 is 1.93 bits per heavy atom. The monoisotopic (exact) mass is 396 g/mol. The maximum atomic E-state index is 6.71. The number of nitrogens with one attached hydrogen (secondary N) is 1. The average Bonchev–Trinajstić information content (AvgIpc) is 3.17. The zero-order chi connectivity index (χ0) is 19.3. The van der Waals surface area contributed by atoms with Gasteiger partial charge in [0.25, 0.3) is 0 Å². The SMILES string of the molecule is CC[NH+]1CCC2(CC1)Oc1ccc(C)cc1[C@H]1CC(c3ccc(Cl)cc3)=NN12. The van der Waals surface area contributed by atoms with Crippen LogP contribution in [0.5, 0.6) is 5.75 Å². The van der Waals surface area contributed by atoms with Gasteiger partial charge in [0.15, 0.2) is 0 Å². The van der Waals surface area contributed by atoms with E-state index in [-0.39, 0.29) is 11.8 Å². The van der Waals surface area contributed by atoms with Crippen molar-refractivity contribution in [2.45, 2.75) is 44.9 Å². The van der Waals surface area contributed by atoms with Crippen LogP contribution >= 0.6 is 11.6 Å². The maximum absolute atomic E-state index is 6.71. The van der Waals surface area contributed by atoms with Crippen LogP contribution in [-0.2, 0) is 0 Å². The lowest BCUT2D eigenvalue weighted by Gasteiger charge is -2.50. The van der Waals surface area contributed by atoms with Gasteiger partial charge in [-0.1, -0.05) is 41.4 Å². The number of hydrogen-bond donors (Lipinski definition) is 1. The van der Waals surface area contributed by atoms with Gasteiger partial charge in [-0.3, -0.25) is 0 Å². The summed E-state index contributed by atoms with van der Waals surface area (Å²) in [6, 6.07) is 14.9. The maximum Gasteiger partial charge on any atom is 0.208 e. The van der Waals surface area contributed by atoms with Crippen molar-refractivity contribution in [1.29, 1.82) is 0 Å². The Labute approximate surface area is 171 Å². The summed E-state index contributed by atoms with van der Waals surface area (Å²) >= 11 is 6.10. The molecule has 4 nitrogen and oxygen atoms in total. The standard InChI is InChI=1S/C23H26ClN3O/c1-3-26-12-10-23(11-13-26)27-21(19-14-16(2)4-9-22(19)28-23)15-20(25-27)17-5-7-18(24)8-6-17/h4-9,14,21H,3,10-13,15H2,1-2H3/p+1/t21-/m1/s1. The van der Waals surface area contributed by atoms with E-state index >= 15 is 0 Å². The lowest BCUT2D eigenvalue weighted by molar-refractivity contribution is -0.906. The number of aryl methyl sites for hydroxylation is 1. The van der Waals surface area contributed by atoms with Gasteiger partial charge in [0.1, 0.15) is 5.75 Å². The third-order valence-corrected chi connectivity index (χ3v) is 6.82. The molecule has 0 saturated carbocycles. The second-order valence-electron chi connectivity index (χ2n) is 8.31. The van der Waals surface area contributed by atoms with Gasteiger partial charge in [0, 0.05) is 17.0 Å². The summed E-state index contributed by atoms with van der Waals surface area (Å²) < 4.78 is 6.71. The fourth-order valence-electron chi connectivity index (χ4n) is 4.90. The van der Waals surface area contributed by atoms with Gasteiger partial charge in [-0.25, -0.2) is 5.01 Å². The molecule has 3 aliphatic rings. The highest BCUT2D eigenvalue weighted by atomic mass is 35.5. The predicted molar refractivity (Wildman–Crippen MR) is 112 cm³/mol. The molecular formula is C23H27ClN3O+. The second-order valence-corrected chi connectivity index (χ2v) is 8.75. The van der Waals surface area contributed by atoms with Crippen molar-refractivity contribution in [3.8, 4) is 5.75 Å². The largest absolute Gasteiger partial charge is 0.466 e. The van der Waals surface area contributed by atoms with Crippen molar-refractivity contribution in [2.24, 2.45) is 5.10 Å². The highest BCUT2D eigenvalue weighted by Gasteiger charge is 2.52. The molecule has 1 spiro atoms. The normalized spacial score (nSPS) is 28.5. The molecule has 0 aliphatic carbocycles. The number of quaternary nitrogens is 1. The van der Waals surface area contributed by atoms with Crippen LogP contribution in [0.4, 0.5) is 0 Å². The summed E-state index contributed by atoms with van der Waals surface area (Å²) in [5.74, 6) is 1.04. The lowest BCUT2D eigenvalue weighted by atomic mass is 9.90. The van der Waals surface area contributed by atoms with Crippen molar-refractivity contribution in [2.75, 3.05) is 19.6 Å². The first-order valence-electron chi connectivity index (χ1n) is 10.3. The van der Waals surface area contributed by atoms with E-state index in [1.165, 1.54) is 17.7 Å². The molecular weight excluding hydrogens is 370 g/mol. The molecule has 28 heavy (non-hydrogen) atoms.